The smallest absolute Gasteiger partial charge is 0.340 e. The van der Waals surface area contributed by atoms with E-state index in [-0.39, 0.29) is 5.63 Å². The van der Waals surface area contributed by atoms with Crippen LogP contribution >= 0.6 is 0 Å². The lowest BCUT2D eigenvalue weighted by molar-refractivity contribution is 0.528. The van der Waals surface area contributed by atoms with E-state index in [0.29, 0.717) is 23.7 Å². The first-order valence-corrected chi connectivity index (χ1v) is 5.42. The van der Waals surface area contributed by atoms with E-state index in [1.54, 1.807) is 6.07 Å². The second-order valence-electron chi connectivity index (χ2n) is 4.13. The second kappa shape index (κ2) is 4.49. The molecule has 0 aliphatic heterocycles. The number of nitrogens with one attached hydrogen (secondary N) is 1. The summed E-state index contributed by atoms with van der Waals surface area (Å²) in [6.07, 6.45) is 0. The quantitative estimate of drug-likeness (QED) is 0.802. The van der Waals surface area contributed by atoms with Gasteiger partial charge in [-0.25, -0.2) is 4.79 Å². The molecule has 3 nitrogen and oxygen atoms in total. The monoisotopic (exact) mass is 217 g/mol. The van der Waals surface area contributed by atoms with Gasteiger partial charge in [-0.15, -0.1) is 0 Å². The van der Waals surface area contributed by atoms with Gasteiger partial charge in [-0.05, 0) is 12.1 Å². The van der Waals surface area contributed by atoms with Crippen molar-refractivity contribution < 1.29 is 4.42 Å². The highest BCUT2D eigenvalue weighted by atomic mass is 16.4. The molecule has 1 heterocycles. The summed E-state index contributed by atoms with van der Waals surface area (Å²) >= 11 is 0. The largest absolute Gasteiger partial charge is 0.422 e. The summed E-state index contributed by atoms with van der Waals surface area (Å²) < 4.78 is 5.23. The van der Waals surface area contributed by atoms with E-state index in [4.69, 9.17) is 4.42 Å². The van der Waals surface area contributed by atoms with Crippen LogP contribution in [0.15, 0.2) is 39.5 Å². The van der Waals surface area contributed by atoms with E-state index >= 15 is 0 Å². The molecule has 2 aromatic rings. The summed E-state index contributed by atoms with van der Waals surface area (Å²) in [6, 6.07) is 9.77. The zero-order chi connectivity index (χ0) is 11.5. The fraction of sp³-hybridized carbons (Fsp3) is 0.308. The highest BCUT2D eigenvalue weighted by molar-refractivity contribution is 5.76. The van der Waals surface area contributed by atoms with Gasteiger partial charge in [0.2, 0.25) is 0 Å². The molecule has 0 spiro atoms. The molecule has 2 rings (SSSR count). The third-order valence-corrected chi connectivity index (χ3v) is 2.41. The minimum atomic E-state index is -0.258. The van der Waals surface area contributed by atoms with Gasteiger partial charge in [0.1, 0.15) is 5.58 Å². The summed E-state index contributed by atoms with van der Waals surface area (Å²) in [4.78, 5) is 11.6. The SMILES string of the molecule is CC(C)NCc1cc2ccccc2oc1=O. The Morgan fingerprint density at radius 1 is 1.31 bits per heavy atom. The second-order valence-corrected chi connectivity index (χ2v) is 4.13. The Labute approximate surface area is 94.1 Å². The molecule has 84 valence electrons. The maximum Gasteiger partial charge on any atom is 0.340 e. The number of rotatable bonds is 3. The molecule has 1 aromatic carbocycles. The Kier molecular flexibility index (Phi) is 3.06. The average Bonchev–Trinajstić information content (AvgIpc) is 2.26. The normalized spacial score (nSPS) is 11.2. The van der Waals surface area contributed by atoms with Crippen molar-refractivity contribution in [1.29, 1.82) is 0 Å². The molecule has 1 N–H and O–H groups in total. The summed E-state index contributed by atoms with van der Waals surface area (Å²) in [5, 5.41) is 4.17. The molecule has 0 radical (unpaired) electrons. The fourth-order valence-corrected chi connectivity index (χ4v) is 1.54. The van der Waals surface area contributed by atoms with Crippen molar-refractivity contribution >= 4 is 11.0 Å². The summed E-state index contributed by atoms with van der Waals surface area (Å²) in [5.41, 5.74) is 1.06. The van der Waals surface area contributed by atoms with Crippen molar-refractivity contribution in [3.05, 3.63) is 46.3 Å². The van der Waals surface area contributed by atoms with E-state index in [1.807, 2.05) is 38.1 Å². The molecule has 3 heteroatoms. The molecule has 0 saturated carbocycles. The molecule has 0 aliphatic rings. The van der Waals surface area contributed by atoms with Crippen molar-refractivity contribution in [3.63, 3.8) is 0 Å². The maximum absolute atomic E-state index is 11.6. The van der Waals surface area contributed by atoms with E-state index in [0.717, 1.165) is 5.39 Å². The van der Waals surface area contributed by atoms with Gasteiger partial charge in [0.05, 0.1) is 5.56 Å². The number of benzene rings is 1. The molecule has 0 saturated heterocycles. The van der Waals surface area contributed by atoms with Crippen LogP contribution in [0.4, 0.5) is 0 Å². The number of para-hydroxylation sites is 1. The molecule has 1 aromatic heterocycles. The lowest BCUT2D eigenvalue weighted by Crippen LogP contribution is -2.25. The molecule has 0 fully saturated rings. The van der Waals surface area contributed by atoms with Gasteiger partial charge in [-0.3, -0.25) is 0 Å². The fourth-order valence-electron chi connectivity index (χ4n) is 1.54. The van der Waals surface area contributed by atoms with Gasteiger partial charge >= 0.3 is 5.63 Å². The Balaban J connectivity index is 2.38. The van der Waals surface area contributed by atoms with Gasteiger partial charge in [0.15, 0.2) is 0 Å². The van der Waals surface area contributed by atoms with Crippen molar-refractivity contribution in [2.45, 2.75) is 26.4 Å². The molecule has 0 unspecified atom stereocenters. The third kappa shape index (κ3) is 2.31. The lowest BCUT2D eigenvalue weighted by Gasteiger charge is -2.07. The van der Waals surface area contributed by atoms with Crippen LogP contribution < -0.4 is 10.9 Å². The van der Waals surface area contributed by atoms with E-state index in [1.165, 1.54) is 0 Å². The average molecular weight is 217 g/mol. The Morgan fingerprint density at radius 2 is 2.06 bits per heavy atom. The van der Waals surface area contributed by atoms with E-state index in [9.17, 15) is 4.79 Å². The van der Waals surface area contributed by atoms with Crippen LogP contribution in [-0.4, -0.2) is 6.04 Å². The zero-order valence-corrected chi connectivity index (χ0v) is 9.49. The summed E-state index contributed by atoms with van der Waals surface area (Å²) in [5.74, 6) is 0. The summed E-state index contributed by atoms with van der Waals surface area (Å²) in [6.45, 7) is 4.64. The molecule has 16 heavy (non-hydrogen) atoms. The van der Waals surface area contributed by atoms with Gasteiger partial charge < -0.3 is 9.73 Å². The predicted octanol–water partition coefficient (Wildman–Crippen LogP) is 2.29. The van der Waals surface area contributed by atoms with Crippen LogP contribution in [0.3, 0.4) is 0 Å². The Morgan fingerprint density at radius 3 is 2.81 bits per heavy atom. The van der Waals surface area contributed by atoms with Gasteiger partial charge in [-0.1, -0.05) is 32.0 Å². The van der Waals surface area contributed by atoms with Crippen molar-refractivity contribution in [3.8, 4) is 0 Å². The Hall–Kier alpha value is -1.61. The third-order valence-electron chi connectivity index (χ3n) is 2.41. The van der Waals surface area contributed by atoms with E-state index in [2.05, 4.69) is 5.32 Å². The molecule has 0 bridgehead atoms. The van der Waals surface area contributed by atoms with Crippen LogP contribution in [-0.2, 0) is 6.54 Å². The molecule has 0 aliphatic carbocycles. The molecular weight excluding hydrogens is 202 g/mol. The van der Waals surface area contributed by atoms with Crippen LogP contribution in [0, 0.1) is 0 Å². The first kappa shape index (κ1) is 10.9. The first-order chi connectivity index (χ1) is 7.66. The number of hydrogen-bond donors (Lipinski definition) is 1. The zero-order valence-electron chi connectivity index (χ0n) is 9.49. The Bertz CT molecular complexity index is 543. The van der Waals surface area contributed by atoms with Crippen molar-refractivity contribution in [2.75, 3.05) is 0 Å². The highest BCUT2D eigenvalue weighted by Crippen LogP contribution is 2.12. The maximum atomic E-state index is 11.6. The summed E-state index contributed by atoms with van der Waals surface area (Å²) in [7, 11) is 0. The van der Waals surface area contributed by atoms with Crippen LogP contribution in [0.5, 0.6) is 0 Å². The van der Waals surface area contributed by atoms with Gasteiger partial charge in [0, 0.05) is 18.0 Å². The van der Waals surface area contributed by atoms with Crippen molar-refractivity contribution in [2.24, 2.45) is 0 Å². The van der Waals surface area contributed by atoms with Crippen LogP contribution in [0.25, 0.3) is 11.0 Å². The number of fused-ring (bicyclic) bond motifs is 1. The topological polar surface area (TPSA) is 42.2 Å². The van der Waals surface area contributed by atoms with Crippen LogP contribution in [0.1, 0.15) is 19.4 Å². The minimum Gasteiger partial charge on any atom is -0.422 e. The lowest BCUT2D eigenvalue weighted by atomic mass is 10.2. The molecular formula is C13H15NO2. The molecule has 0 amide bonds. The number of hydrogen-bond acceptors (Lipinski definition) is 3. The van der Waals surface area contributed by atoms with Crippen LogP contribution in [0.2, 0.25) is 0 Å². The van der Waals surface area contributed by atoms with Crippen molar-refractivity contribution in [1.82, 2.24) is 5.32 Å². The van der Waals surface area contributed by atoms with Gasteiger partial charge in [-0.2, -0.15) is 0 Å². The van der Waals surface area contributed by atoms with Gasteiger partial charge in [0.25, 0.3) is 0 Å². The first-order valence-electron chi connectivity index (χ1n) is 5.42. The standard InChI is InChI=1S/C13H15NO2/c1-9(2)14-8-11-7-10-5-3-4-6-12(10)16-13(11)15/h3-7,9,14H,8H2,1-2H3. The predicted molar refractivity (Wildman–Crippen MR) is 64.5 cm³/mol. The van der Waals surface area contributed by atoms with E-state index < -0.39 is 0 Å². The molecule has 0 atom stereocenters. The highest BCUT2D eigenvalue weighted by Gasteiger charge is 2.04. The minimum absolute atomic E-state index is 0.258.